The van der Waals surface area contributed by atoms with Crippen LogP contribution in [0.4, 0.5) is 0 Å². The maximum Gasteiger partial charge on any atom is 0.253 e. The summed E-state index contributed by atoms with van der Waals surface area (Å²) in [7, 11) is 0.298. The molecule has 1 rings (SSSR count). The lowest BCUT2D eigenvalue weighted by Crippen LogP contribution is -2.38. The molecule has 0 unspecified atom stereocenters. The maximum absolute atomic E-state index is 11.9. The number of benzene rings is 1. The number of amides is 1. The van der Waals surface area contributed by atoms with Gasteiger partial charge in [-0.25, -0.2) is 18.1 Å². The second-order valence-corrected chi connectivity index (χ2v) is 7.87. The molecule has 0 saturated carbocycles. The highest BCUT2D eigenvalue weighted by Gasteiger charge is 2.07. The molecular formula is C17H30IN5O3S. The Morgan fingerprint density at radius 1 is 1.11 bits per heavy atom. The molecule has 0 bridgehead atoms. The van der Waals surface area contributed by atoms with E-state index in [1.165, 1.54) is 0 Å². The zero-order valence-electron chi connectivity index (χ0n) is 16.3. The lowest BCUT2D eigenvalue weighted by molar-refractivity contribution is 0.0827. The van der Waals surface area contributed by atoms with E-state index in [1.807, 2.05) is 19.1 Å². The summed E-state index contributed by atoms with van der Waals surface area (Å²) in [5.74, 6) is 0.637. The number of nitrogens with one attached hydrogen (secondary N) is 3. The van der Waals surface area contributed by atoms with Gasteiger partial charge in [-0.1, -0.05) is 12.1 Å². The number of carbonyl (C=O) groups is 1. The lowest BCUT2D eigenvalue weighted by Gasteiger charge is -2.12. The molecule has 0 spiro atoms. The summed E-state index contributed by atoms with van der Waals surface area (Å²) in [5, 5.41) is 6.31. The van der Waals surface area contributed by atoms with E-state index in [9.17, 15) is 13.2 Å². The lowest BCUT2D eigenvalue weighted by atomic mass is 10.1. The van der Waals surface area contributed by atoms with Gasteiger partial charge in [-0.15, -0.1) is 24.0 Å². The molecule has 154 valence electrons. The molecule has 0 aliphatic carbocycles. The summed E-state index contributed by atoms with van der Waals surface area (Å²) in [6.07, 6.45) is 1.79. The van der Waals surface area contributed by atoms with Gasteiger partial charge in [-0.2, -0.15) is 0 Å². The van der Waals surface area contributed by atoms with Crippen LogP contribution in [0.5, 0.6) is 0 Å². The first-order valence-electron chi connectivity index (χ1n) is 8.50. The van der Waals surface area contributed by atoms with Crippen LogP contribution in [0.25, 0.3) is 0 Å². The Morgan fingerprint density at radius 2 is 1.74 bits per heavy atom. The zero-order chi connectivity index (χ0) is 19.6. The van der Waals surface area contributed by atoms with Gasteiger partial charge in [0.05, 0.1) is 12.8 Å². The minimum atomic E-state index is -3.15. The summed E-state index contributed by atoms with van der Waals surface area (Å²) in [4.78, 5) is 17.9. The molecule has 0 fully saturated rings. The Hall–Kier alpha value is -1.40. The van der Waals surface area contributed by atoms with Crippen molar-refractivity contribution >= 4 is 45.9 Å². The molecule has 1 aromatic rings. The molecule has 8 nitrogen and oxygen atoms in total. The second kappa shape index (κ2) is 12.9. The fourth-order valence-corrected chi connectivity index (χ4v) is 2.59. The normalized spacial score (nSPS) is 11.5. The van der Waals surface area contributed by atoms with Gasteiger partial charge in [0, 0.05) is 39.3 Å². The highest BCUT2D eigenvalue weighted by Crippen LogP contribution is 2.07. The first-order valence-corrected chi connectivity index (χ1v) is 10.4. The van der Waals surface area contributed by atoms with Crippen molar-refractivity contribution in [2.24, 2.45) is 4.99 Å². The molecule has 0 saturated heterocycles. The highest BCUT2D eigenvalue weighted by atomic mass is 127. The predicted octanol–water partition coefficient (Wildman–Crippen LogP) is 1.00. The second-order valence-electron chi connectivity index (χ2n) is 6.04. The number of nitrogens with zero attached hydrogens (tertiary/aromatic N) is 2. The topological polar surface area (TPSA) is 103 Å². The Morgan fingerprint density at radius 3 is 2.26 bits per heavy atom. The standard InChI is InChI=1S/C17H29N5O3S.HI/c1-5-18-17(19-11-6-12-21-26(4,24)25)20-13-14-7-9-15(10-8-14)16(23)22(2)3;/h7-10,21H,5-6,11-13H2,1-4H3,(H2,18,19,20);1H. The third-order valence-corrected chi connectivity index (χ3v) is 4.11. The molecule has 1 amide bonds. The number of aliphatic imine (C=N–C) groups is 1. The third kappa shape index (κ3) is 11.1. The number of hydrogen-bond acceptors (Lipinski definition) is 4. The number of sulfonamides is 1. The predicted molar refractivity (Wildman–Crippen MR) is 120 cm³/mol. The first kappa shape index (κ1) is 25.6. The average molecular weight is 511 g/mol. The number of guanidine groups is 1. The molecule has 0 heterocycles. The molecule has 27 heavy (non-hydrogen) atoms. The molecule has 10 heteroatoms. The van der Waals surface area contributed by atoms with Gasteiger partial charge in [0.2, 0.25) is 10.0 Å². The van der Waals surface area contributed by atoms with Crippen molar-refractivity contribution in [3.05, 3.63) is 35.4 Å². The maximum atomic E-state index is 11.9. The van der Waals surface area contributed by atoms with Crippen molar-refractivity contribution in [3.8, 4) is 0 Å². The summed E-state index contributed by atoms with van der Waals surface area (Å²) < 4.78 is 24.5. The van der Waals surface area contributed by atoms with E-state index < -0.39 is 10.0 Å². The molecule has 0 radical (unpaired) electrons. The fraction of sp³-hybridized carbons (Fsp3) is 0.529. The van der Waals surface area contributed by atoms with E-state index >= 15 is 0 Å². The molecule has 0 aliphatic rings. The quantitative estimate of drug-likeness (QED) is 0.199. The van der Waals surface area contributed by atoms with Crippen molar-refractivity contribution in [2.45, 2.75) is 19.9 Å². The molecule has 1 aromatic carbocycles. The smallest absolute Gasteiger partial charge is 0.253 e. The van der Waals surface area contributed by atoms with Crippen LogP contribution in [-0.2, 0) is 16.6 Å². The molecule has 0 aliphatic heterocycles. The van der Waals surface area contributed by atoms with Crippen LogP contribution in [0.3, 0.4) is 0 Å². The molecule has 3 N–H and O–H groups in total. The van der Waals surface area contributed by atoms with E-state index in [2.05, 4.69) is 20.3 Å². The minimum absolute atomic E-state index is 0. The van der Waals surface area contributed by atoms with Gasteiger partial charge in [0.1, 0.15) is 0 Å². The summed E-state index contributed by atoms with van der Waals surface area (Å²) in [6, 6.07) is 7.37. The Balaban J connectivity index is 0.00000676. The van der Waals surface area contributed by atoms with E-state index in [0.29, 0.717) is 37.6 Å². The van der Waals surface area contributed by atoms with E-state index in [-0.39, 0.29) is 29.9 Å². The van der Waals surface area contributed by atoms with Gasteiger partial charge in [-0.3, -0.25) is 4.79 Å². The number of hydrogen-bond donors (Lipinski definition) is 3. The number of halogens is 1. The number of carbonyl (C=O) groups excluding carboxylic acids is 1. The largest absolute Gasteiger partial charge is 0.357 e. The van der Waals surface area contributed by atoms with Crippen LogP contribution in [0.1, 0.15) is 29.3 Å². The highest BCUT2D eigenvalue weighted by molar-refractivity contribution is 14.0. The SMILES string of the molecule is CCNC(=NCc1ccc(C(=O)N(C)C)cc1)NCCCNS(C)(=O)=O.I. The minimum Gasteiger partial charge on any atom is -0.357 e. The van der Waals surface area contributed by atoms with Gasteiger partial charge in [-0.05, 0) is 31.0 Å². The Labute approximate surface area is 179 Å². The number of rotatable bonds is 9. The van der Waals surface area contributed by atoms with Gasteiger partial charge >= 0.3 is 0 Å². The molecule has 0 atom stereocenters. The summed E-state index contributed by atoms with van der Waals surface area (Å²) >= 11 is 0. The van der Waals surface area contributed by atoms with E-state index in [4.69, 9.17) is 0 Å². The van der Waals surface area contributed by atoms with Gasteiger partial charge < -0.3 is 15.5 Å². The average Bonchev–Trinajstić information content (AvgIpc) is 2.58. The first-order chi connectivity index (χ1) is 12.2. The monoisotopic (exact) mass is 511 g/mol. The van der Waals surface area contributed by atoms with Gasteiger partial charge in [0.25, 0.3) is 5.91 Å². The van der Waals surface area contributed by atoms with Crippen LogP contribution in [0.15, 0.2) is 29.3 Å². The Kier molecular flexibility index (Phi) is 12.2. The van der Waals surface area contributed by atoms with Crippen molar-refractivity contribution in [3.63, 3.8) is 0 Å². The van der Waals surface area contributed by atoms with Crippen LogP contribution in [-0.4, -0.2) is 65.2 Å². The third-order valence-electron chi connectivity index (χ3n) is 3.38. The van der Waals surface area contributed by atoms with E-state index in [1.54, 1.807) is 31.1 Å². The van der Waals surface area contributed by atoms with Crippen LogP contribution < -0.4 is 15.4 Å². The van der Waals surface area contributed by atoms with Crippen molar-refractivity contribution < 1.29 is 13.2 Å². The summed E-state index contributed by atoms with van der Waals surface area (Å²) in [5.41, 5.74) is 1.64. The van der Waals surface area contributed by atoms with Crippen molar-refractivity contribution in [1.29, 1.82) is 0 Å². The van der Waals surface area contributed by atoms with Crippen LogP contribution in [0.2, 0.25) is 0 Å². The summed E-state index contributed by atoms with van der Waals surface area (Å²) in [6.45, 7) is 4.17. The fourth-order valence-electron chi connectivity index (χ4n) is 2.08. The van der Waals surface area contributed by atoms with Crippen molar-refractivity contribution in [1.82, 2.24) is 20.3 Å². The zero-order valence-corrected chi connectivity index (χ0v) is 19.4. The molecular weight excluding hydrogens is 481 g/mol. The van der Waals surface area contributed by atoms with Crippen LogP contribution >= 0.6 is 24.0 Å². The van der Waals surface area contributed by atoms with E-state index in [0.717, 1.165) is 18.4 Å². The Bertz CT molecular complexity index is 706. The van der Waals surface area contributed by atoms with Gasteiger partial charge in [0.15, 0.2) is 5.96 Å². The van der Waals surface area contributed by atoms with Crippen LogP contribution in [0, 0.1) is 0 Å². The van der Waals surface area contributed by atoms with Crippen molar-refractivity contribution in [2.75, 3.05) is 40.0 Å². The molecule has 0 aromatic heterocycles.